The molecule has 0 aliphatic heterocycles. The molecule has 8 heteroatoms. The summed E-state index contributed by atoms with van der Waals surface area (Å²) in [5.74, 6) is -1.12. The highest BCUT2D eigenvalue weighted by molar-refractivity contribution is 9.10. The Morgan fingerprint density at radius 1 is 1.00 bits per heavy atom. The molecule has 3 aromatic rings. The van der Waals surface area contributed by atoms with Crippen molar-refractivity contribution in [3.05, 3.63) is 88.6 Å². The largest absolute Gasteiger partial charge is 0.319 e. The normalized spacial score (nSPS) is 11.1. The van der Waals surface area contributed by atoms with Crippen LogP contribution in [0.25, 0.3) is 0 Å². The van der Waals surface area contributed by atoms with Crippen molar-refractivity contribution in [3.63, 3.8) is 0 Å². The molecule has 0 aliphatic rings. The number of sulfonamides is 1. The van der Waals surface area contributed by atoms with Crippen LogP contribution in [0.1, 0.15) is 10.4 Å². The van der Waals surface area contributed by atoms with Crippen LogP contribution >= 0.6 is 15.9 Å². The number of hydrogen-bond acceptors (Lipinski definition) is 3. The molecule has 0 unspecified atom stereocenters. The Morgan fingerprint density at radius 2 is 1.64 bits per heavy atom. The van der Waals surface area contributed by atoms with Crippen LogP contribution in [0.4, 0.5) is 15.8 Å². The standard InChI is InChI=1S/C20H16BrFN2O3S/c1-24(16-5-3-2-4-6-16)28(26,27)17-10-7-14(8-11-17)20(25)23-19-12-9-15(21)13-18(19)22/h2-13H,1H3,(H,23,25). The SMILES string of the molecule is CN(c1ccccc1)S(=O)(=O)c1ccc(C(=O)Nc2ccc(Br)cc2F)cc1. The molecular weight excluding hydrogens is 447 g/mol. The van der Waals surface area contributed by atoms with Crippen molar-refractivity contribution in [3.8, 4) is 0 Å². The van der Waals surface area contributed by atoms with Gasteiger partial charge in [-0.15, -0.1) is 0 Å². The molecule has 0 radical (unpaired) electrons. The molecule has 144 valence electrons. The topological polar surface area (TPSA) is 66.5 Å². The number of nitrogens with zero attached hydrogens (tertiary/aromatic N) is 1. The minimum atomic E-state index is -3.77. The number of anilines is 2. The average molecular weight is 463 g/mol. The molecule has 3 aromatic carbocycles. The fourth-order valence-corrected chi connectivity index (χ4v) is 4.03. The van der Waals surface area contributed by atoms with Gasteiger partial charge in [0, 0.05) is 17.1 Å². The summed E-state index contributed by atoms with van der Waals surface area (Å²) in [4.78, 5) is 12.4. The first-order chi connectivity index (χ1) is 13.3. The molecule has 0 bridgehead atoms. The lowest BCUT2D eigenvalue weighted by molar-refractivity contribution is 0.102. The van der Waals surface area contributed by atoms with E-state index in [4.69, 9.17) is 0 Å². The molecule has 0 atom stereocenters. The lowest BCUT2D eigenvalue weighted by atomic mass is 10.2. The van der Waals surface area contributed by atoms with Gasteiger partial charge in [-0.3, -0.25) is 9.10 Å². The third-order valence-electron chi connectivity index (χ3n) is 4.07. The summed E-state index contributed by atoms with van der Waals surface area (Å²) in [5, 5.41) is 2.47. The number of rotatable bonds is 5. The highest BCUT2D eigenvalue weighted by atomic mass is 79.9. The zero-order valence-corrected chi connectivity index (χ0v) is 17.2. The number of hydrogen-bond donors (Lipinski definition) is 1. The van der Waals surface area contributed by atoms with Gasteiger partial charge >= 0.3 is 0 Å². The first-order valence-electron chi connectivity index (χ1n) is 8.19. The highest BCUT2D eigenvalue weighted by Crippen LogP contribution is 2.23. The van der Waals surface area contributed by atoms with Gasteiger partial charge in [0.25, 0.3) is 15.9 Å². The highest BCUT2D eigenvalue weighted by Gasteiger charge is 2.21. The first-order valence-corrected chi connectivity index (χ1v) is 10.4. The number of halogens is 2. The Kier molecular flexibility index (Phi) is 5.81. The van der Waals surface area contributed by atoms with E-state index >= 15 is 0 Å². The van der Waals surface area contributed by atoms with Crippen LogP contribution in [0.5, 0.6) is 0 Å². The molecule has 1 N–H and O–H groups in total. The Bertz CT molecular complexity index is 1100. The van der Waals surface area contributed by atoms with Gasteiger partial charge in [0.05, 0.1) is 16.3 Å². The van der Waals surface area contributed by atoms with Gasteiger partial charge in [0.1, 0.15) is 5.82 Å². The summed E-state index contributed by atoms with van der Waals surface area (Å²) in [6.07, 6.45) is 0. The fraction of sp³-hybridized carbons (Fsp3) is 0.0500. The van der Waals surface area contributed by atoms with Gasteiger partial charge in [0.15, 0.2) is 0 Å². The molecule has 0 aliphatic carbocycles. The van der Waals surface area contributed by atoms with Crippen molar-refractivity contribution in [1.29, 1.82) is 0 Å². The monoisotopic (exact) mass is 462 g/mol. The number of carbonyl (C=O) groups excluding carboxylic acids is 1. The number of amides is 1. The molecule has 0 aromatic heterocycles. The molecule has 0 saturated carbocycles. The second kappa shape index (κ2) is 8.12. The molecular formula is C20H16BrFN2O3S. The van der Waals surface area contributed by atoms with Crippen molar-refractivity contribution in [2.24, 2.45) is 0 Å². The Labute approximate surface area is 171 Å². The third-order valence-corrected chi connectivity index (χ3v) is 6.37. The number of nitrogens with one attached hydrogen (secondary N) is 1. The van der Waals surface area contributed by atoms with Gasteiger partial charge < -0.3 is 5.32 Å². The number of para-hydroxylation sites is 1. The van der Waals surface area contributed by atoms with Crippen LogP contribution in [-0.4, -0.2) is 21.4 Å². The quantitative estimate of drug-likeness (QED) is 0.599. The van der Waals surface area contributed by atoms with E-state index in [1.54, 1.807) is 36.4 Å². The molecule has 28 heavy (non-hydrogen) atoms. The Balaban J connectivity index is 1.80. The summed E-state index contributed by atoms with van der Waals surface area (Å²) < 4.78 is 41.1. The van der Waals surface area contributed by atoms with Gasteiger partial charge in [-0.2, -0.15) is 0 Å². The zero-order valence-electron chi connectivity index (χ0n) is 14.8. The fourth-order valence-electron chi connectivity index (χ4n) is 2.50. The zero-order chi connectivity index (χ0) is 20.3. The Morgan fingerprint density at radius 3 is 2.25 bits per heavy atom. The van der Waals surface area contributed by atoms with Crippen LogP contribution in [0.2, 0.25) is 0 Å². The molecule has 0 heterocycles. The summed E-state index contributed by atoms with van der Waals surface area (Å²) in [5.41, 5.74) is 0.771. The molecule has 5 nitrogen and oxygen atoms in total. The minimum Gasteiger partial charge on any atom is -0.319 e. The summed E-state index contributed by atoms with van der Waals surface area (Å²) in [6.45, 7) is 0. The van der Waals surface area contributed by atoms with Crippen molar-refractivity contribution in [1.82, 2.24) is 0 Å². The van der Waals surface area contributed by atoms with E-state index < -0.39 is 21.7 Å². The summed E-state index contributed by atoms with van der Waals surface area (Å²) in [7, 11) is -2.31. The van der Waals surface area contributed by atoms with Gasteiger partial charge in [0.2, 0.25) is 0 Å². The molecule has 1 amide bonds. The second-order valence-corrected chi connectivity index (χ2v) is 8.80. The van der Waals surface area contributed by atoms with Crippen molar-refractivity contribution < 1.29 is 17.6 Å². The van der Waals surface area contributed by atoms with Crippen molar-refractivity contribution >= 4 is 43.2 Å². The molecule has 0 saturated heterocycles. The van der Waals surface area contributed by atoms with E-state index in [1.807, 2.05) is 0 Å². The smallest absolute Gasteiger partial charge is 0.264 e. The first kappa shape index (κ1) is 20.0. The maximum Gasteiger partial charge on any atom is 0.264 e. The predicted molar refractivity (Wildman–Crippen MR) is 111 cm³/mol. The molecule has 0 fully saturated rings. The lowest BCUT2D eigenvalue weighted by Crippen LogP contribution is -2.26. The second-order valence-electron chi connectivity index (χ2n) is 5.91. The van der Waals surface area contributed by atoms with Crippen LogP contribution < -0.4 is 9.62 Å². The van der Waals surface area contributed by atoms with E-state index in [0.717, 1.165) is 0 Å². The van der Waals surface area contributed by atoms with Crippen molar-refractivity contribution in [2.75, 3.05) is 16.7 Å². The molecule has 3 rings (SSSR count). The summed E-state index contributed by atoms with van der Waals surface area (Å²) >= 11 is 3.15. The summed E-state index contributed by atoms with van der Waals surface area (Å²) in [6, 6.07) is 18.4. The van der Waals surface area contributed by atoms with Gasteiger partial charge in [-0.05, 0) is 54.6 Å². The van der Waals surface area contributed by atoms with E-state index in [2.05, 4.69) is 21.2 Å². The maximum atomic E-state index is 13.9. The number of carbonyl (C=O) groups is 1. The maximum absolute atomic E-state index is 13.9. The lowest BCUT2D eigenvalue weighted by Gasteiger charge is -2.19. The predicted octanol–water partition coefficient (Wildman–Crippen LogP) is 4.67. The minimum absolute atomic E-state index is 0.0358. The van der Waals surface area contributed by atoms with Gasteiger partial charge in [-0.25, -0.2) is 12.8 Å². The van der Waals surface area contributed by atoms with Crippen molar-refractivity contribution in [2.45, 2.75) is 4.90 Å². The Hall–Kier alpha value is -2.71. The number of benzene rings is 3. The van der Waals surface area contributed by atoms with E-state index in [-0.39, 0.29) is 16.1 Å². The average Bonchev–Trinajstić information content (AvgIpc) is 2.70. The van der Waals surface area contributed by atoms with E-state index in [1.165, 1.54) is 47.8 Å². The van der Waals surface area contributed by atoms with Gasteiger partial charge in [-0.1, -0.05) is 34.1 Å². The van der Waals surface area contributed by atoms with E-state index in [9.17, 15) is 17.6 Å². The van der Waals surface area contributed by atoms with Crippen LogP contribution in [0.3, 0.4) is 0 Å². The van der Waals surface area contributed by atoms with Crippen LogP contribution in [-0.2, 0) is 10.0 Å². The van der Waals surface area contributed by atoms with E-state index in [0.29, 0.717) is 10.2 Å². The third kappa shape index (κ3) is 4.23. The van der Waals surface area contributed by atoms with Crippen LogP contribution in [0, 0.1) is 5.82 Å². The molecule has 0 spiro atoms. The van der Waals surface area contributed by atoms with Crippen LogP contribution in [0.15, 0.2) is 82.2 Å².